The first kappa shape index (κ1) is 12.4. The highest BCUT2D eigenvalue weighted by molar-refractivity contribution is 7.80. The molecule has 1 aromatic rings. The van der Waals surface area contributed by atoms with Gasteiger partial charge in [-0.3, -0.25) is 0 Å². The van der Waals surface area contributed by atoms with E-state index < -0.39 is 18.5 Å². The average Bonchev–Trinajstić information content (AvgIpc) is 2.70. The van der Waals surface area contributed by atoms with Gasteiger partial charge in [0, 0.05) is 12.0 Å². The maximum absolute atomic E-state index is 9.33. The summed E-state index contributed by atoms with van der Waals surface area (Å²) in [6.45, 7) is -0.195. The second-order valence-corrected chi connectivity index (χ2v) is 4.23. The summed E-state index contributed by atoms with van der Waals surface area (Å²) in [4.78, 5) is 0. The molecule has 1 heterocycles. The van der Waals surface area contributed by atoms with Gasteiger partial charge in [-0.2, -0.15) is 0 Å². The van der Waals surface area contributed by atoms with E-state index in [4.69, 9.17) is 26.8 Å². The Morgan fingerprint density at radius 3 is 2.76 bits per heavy atom. The third-order valence-electron chi connectivity index (χ3n) is 2.63. The van der Waals surface area contributed by atoms with Crippen molar-refractivity contribution in [2.75, 3.05) is 6.61 Å². The molecule has 1 fully saturated rings. The van der Waals surface area contributed by atoms with E-state index in [0.29, 0.717) is 11.5 Å². The van der Waals surface area contributed by atoms with Crippen molar-refractivity contribution in [2.24, 2.45) is 0 Å². The van der Waals surface area contributed by atoms with Crippen LogP contribution in [0.3, 0.4) is 0 Å². The van der Waals surface area contributed by atoms with Crippen molar-refractivity contribution in [3.05, 3.63) is 35.9 Å². The molecule has 1 aromatic carbocycles. The van der Waals surface area contributed by atoms with E-state index in [9.17, 15) is 5.11 Å². The van der Waals surface area contributed by atoms with Gasteiger partial charge in [0.2, 0.25) is 0 Å². The SMILES string of the molecule is OC[C@H]1O[C@H](O)C[C@@H]1OC(=S)c1ccccc1. The molecule has 0 saturated carbocycles. The molecule has 1 saturated heterocycles. The van der Waals surface area contributed by atoms with Crippen LogP contribution in [0, 0.1) is 0 Å². The quantitative estimate of drug-likeness (QED) is 0.783. The average molecular weight is 254 g/mol. The second-order valence-electron chi connectivity index (χ2n) is 3.86. The first-order chi connectivity index (χ1) is 8.20. The van der Waals surface area contributed by atoms with E-state index in [1.165, 1.54) is 0 Å². The highest BCUT2D eigenvalue weighted by Gasteiger charge is 2.36. The fourth-order valence-electron chi connectivity index (χ4n) is 1.76. The third-order valence-corrected chi connectivity index (χ3v) is 2.96. The van der Waals surface area contributed by atoms with Gasteiger partial charge in [0.15, 0.2) is 11.3 Å². The van der Waals surface area contributed by atoms with Crippen LogP contribution in [-0.2, 0) is 9.47 Å². The zero-order valence-corrected chi connectivity index (χ0v) is 9.97. The lowest BCUT2D eigenvalue weighted by Crippen LogP contribution is -2.29. The molecule has 0 spiro atoms. The van der Waals surface area contributed by atoms with E-state index in [-0.39, 0.29) is 6.61 Å². The maximum atomic E-state index is 9.33. The third kappa shape index (κ3) is 3.01. The molecule has 17 heavy (non-hydrogen) atoms. The summed E-state index contributed by atoms with van der Waals surface area (Å²) >= 11 is 5.16. The molecule has 0 bridgehead atoms. The minimum atomic E-state index is -0.893. The van der Waals surface area contributed by atoms with E-state index in [1.807, 2.05) is 30.3 Å². The monoisotopic (exact) mass is 254 g/mol. The smallest absolute Gasteiger partial charge is 0.191 e. The Hall–Kier alpha value is -1.01. The van der Waals surface area contributed by atoms with Crippen LogP contribution < -0.4 is 0 Å². The normalized spacial score (nSPS) is 28.0. The number of aliphatic hydroxyl groups is 2. The Morgan fingerprint density at radius 2 is 2.12 bits per heavy atom. The summed E-state index contributed by atoms with van der Waals surface area (Å²) in [6.07, 6.45) is -1.50. The van der Waals surface area contributed by atoms with Gasteiger partial charge < -0.3 is 19.7 Å². The molecule has 0 radical (unpaired) electrons. The largest absolute Gasteiger partial charge is 0.477 e. The first-order valence-electron chi connectivity index (χ1n) is 5.41. The van der Waals surface area contributed by atoms with E-state index >= 15 is 0 Å². The summed E-state index contributed by atoms with van der Waals surface area (Å²) in [7, 11) is 0. The van der Waals surface area contributed by atoms with Crippen molar-refractivity contribution in [1.29, 1.82) is 0 Å². The molecule has 0 aromatic heterocycles. The molecule has 1 aliphatic heterocycles. The van der Waals surface area contributed by atoms with Crippen LogP contribution in [0.25, 0.3) is 0 Å². The molecule has 5 heteroatoms. The van der Waals surface area contributed by atoms with Gasteiger partial charge in [-0.1, -0.05) is 30.3 Å². The van der Waals surface area contributed by atoms with Crippen LogP contribution >= 0.6 is 12.2 Å². The predicted molar refractivity (Wildman–Crippen MR) is 65.6 cm³/mol. The molecular weight excluding hydrogens is 240 g/mol. The summed E-state index contributed by atoms with van der Waals surface area (Å²) in [5.74, 6) is 0. The molecular formula is C12H14O4S. The number of rotatable bonds is 3. The van der Waals surface area contributed by atoms with Gasteiger partial charge >= 0.3 is 0 Å². The Bertz CT molecular complexity index is 381. The highest BCUT2D eigenvalue weighted by atomic mass is 32.1. The Morgan fingerprint density at radius 1 is 1.41 bits per heavy atom. The lowest BCUT2D eigenvalue weighted by molar-refractivity contribution is -0.106. The molecule has 3 atom stereocenters. The minimum Gasteiger partial charge on any atom is -0.477 e. The van der Waals surface area contributed by atoms with Crippen molar-refractivity contribution in [3.63, 3.8) is 0 Å². The van der Waals surface area contributed by atoms with Crippen molar-refractivity contribution in [3.8, 4) is 0 Å². The summed E-state index contributed by atoms with van der Waals surface area (Å²) in [5.41, 5.74) is 0.806. The van der Waals surface area contributed by atoms with Gasteiger partial charge in [-0.05, 0) is 12.2 Å². The van der Waals surface area contributed by atoms with E-state index in [0.717, 1.165) is 5.56 Å². The Kier molecular flexibility index (Phi) is 4.06. The van der Waals surface area contributed by atoms with Gasteiger partial charge in [-0.15, -0.1) is 0 Å². The number of hydrogen-bond donors (Lipinski definition) is 2. The van der Waals surface area contributed by atoms with Gasteiger partial charge in [-0.25, -0.2) is 0 Å². The molecule has 2 rings (SSSR count). The fraction of sp³-hybridized carbons (Fsp3) is 0.417. The molecule has 2 N–H and O–H groups in total. The number of ether oxygens (including phenoxy) is 2. The second kappa shape index (κ2) is 5.55. The predicted octanol–water partition coefficient (Wildman–Crippen LogP) is 0.847. The van der Waals surface area contributed by atoms with Crippen molar-refractivity contribution in [2.45, 2.75) is 24.9 Å². The minimum absolute atomic E-state index is 0.195. The number of aliphatic hydroxyl groups excluding tert-OH is 2. The zero-order chi connectivity index (χ0) is 12.3. The lowest BCUT2D eigenvalue weighted by atomic mass is 10.2. The Labute approximate surface area is 105 Å². The summed E-state index contributed by atoms with van der Waals surface area (Å²) < 4.78 is 10.6. The molecule has 92 valence electrons. The van der Waals surface area contributed by atoms with Crippen molar-refractivity contribution in [1.82, 2.24) is 0 Å². The van der Waals surface area contributed by atoms with Gasteiger partial charge in [0.25, 0.3) is 0 Å². The highest BCUT2D eigenvalue weighted by Crippen LogP contribution is 2.22. The van der Waals surface area contributed by atoms with Crippen molar-refractivity contribution < 1.29 is 19.7 Å². The van der Waals surface area contributed by atoms with Crippen LogP contribution in [-0.4, -0.2) is 40.4 Å². The molecule has 4 nitrogen and oxygen atoms in total. The van der Waals surface area contributed by atoms with Crippen LogP contribution in [0.1, 0.15) is 12.0 Å². The first-order valence-corrected chi connectivity index (χ1v) is 5.82. The topological polar surface area (TPSA) is 58.9 Å². The van der Waals surface area contributed by atoms with Gasteiger partial charge in [0.05, 0.1) is 6.61 Å². The summed E-state index contributed by atoms with van der Waals surface area (Å²) in [5, 5.41) is 18.8. The van der Waals surface area contributed by atoms with Crippen LogP contribution in [0.15, 0.2) is 30.3 Å². The lowest BCUT2D eigenvalue weighted by Gasteiger charge is -2.18. The standard InChI is InChI=1S/C12H14O4S/c13-7-10-9(6-11(14)15-10)16-12(17)8-4-2-1-3-5-8/h1-5,9-11,13-14H,6-7H2/t9-,10+,11-/m0/s1. The molecule has 1 aliphatic rings. The summed E-state index contributed by atoms with van der Waals surface area (Å²) in [6, 6.07) is 9.33. The van der Waals surface area contributed by atoms with Crippen LogP contribution in [0.4, 0.5) is 0 Å². The maximum Gasteiger partial charge on any atom is 0.191 e. The van der Waals surface area contributed by atoms with Crippen LogP contribution in [0.5, 0.6) is 0 Å². The van der Waals surface area contributed by atoms with Crippen LogP contribution in [0.2, 0.25) is 0 Å². The molecule has 0 aliphatic carbocycles. The number of hydrogen-bond acceptors (Lipinski definition) is 5. The fourth-order valence-corrected chi connectivity index (χ4v) is 2.02. The number of benzene rings is 1. The van der Waals surface area contributed by atoms with E-state index in [2.05, 4.69) is 0 Å². The molecule has 0 unspecified atom stereocenters. The molecule has 0 amide bonds. The van der Waals surface area contributed by atoms with Gasteiger partial charge in [0.1, 0.15) is 12.2 Å². The Balaban J connectivity index is 1.99. The number of thiocarbonyl (C=S) groups is 1. The zero-order valence-electron chi connectivity index (χ0n) is 9.15. The van der Waals surface area contributed by atoms with Crippen molar-refractivity contribution >= 4 is 17.3 Å². The van der Waals surface area contributed by atoms with E-state index in [1.54, 1.807) is 0 Å².